The average Bonchev–Trinajstić information content (AvgIpc) is 1.85. The van der Waals surface area contributed by atoms with E-state index in [0.29, 0.717) is 0 Å². The van der Waals surface area contributed by atoms with Crippen LogP contribution in [0.4, 0.5) is 0 Å². The molecular formula is C7H12O3. The largest absolute Gasteiger partial charge is 0.467 e. The number of carbonyl (C=O) groups excluding carboxylic acids is 1. The SMILES string of the molecule is C=C(C)C[C@@H](O)C(=O)OC. The van der Waals surface area contributed by atoms with E-state index in [9.17, 15) is 4.79 Å². The number of ether oxygens (including phenoxy) is 1. The second-order valence-electron chi connectivity index (χ2n) is 2.20. The van der Waals surface area contributed by atoms with Crippen molar-refractivity contribution in [2.24, 2.45) is 0 Å². The van der Waals surface area contributed by atoms with Gasteiger partial charge in [0.25, 0.3) is 0 Å². The van der Waals surface area contributed by atoms with Gasteiger partial charge in [0, 0.05) is 6.42 Å². The molecule has 0 aliphatic heterocycles. The maximum atomic E-state index is 10.5. The Morgan fingerprint density at radius 3 is 2.60 bits per heavy atom. The second-order valence-corrected chi connectivity index (χ2v) is 2.20. The topological polar surface area (TPSA) is 46.5 Å². The summed E-state index contributed by atoms with van der Waals surface area (Å²) in [6, 6.07) is 0. The Labute approximate surface area is 60.3 Å². The van der Waals surface area contributed by atoms with E-state index in [0.717, 1.165) is 5.57 Å². The molecule has 0 heterocycles. The van der Waals surface area contributed by atoms with Gasteiger partial charge in [0.15, 0.2) is 6.10 Å². The number of rotatable bonds is 3. The summed E-state index contributed by atoms with van der Waals surface area (Å²) in [5.74, 6) is -0.608. The summed E-state index contributed by atoms with van der Waals surface area (Å²) in [6.07, 6.45) is -0.783. The number of hydrogen-bond acceptors (Lipinski definition) is 3. The predicted molar refractivity (Wildman–Crippen MR) is 37.5 cm³/mol. The molecule has 0 rings (SSSR count). The Morgan fingerprint density at radius 1 is 1.80 bits per heavy atom. The Hall–Kier alpha value is -0.830. The molecule has 1 atom stereocenters. The minimum absolute atomic E-state index is 0.271. The Bertz CT molecular complexity index is 140. The van der Waals surface area contributed by atoms with Gasteiger partial charge in [0.1, 0.15) is 0 Å². The predicted octanol–water partition coefficient (Wildman–Crippen LogP) is 0.486. The first-order valence-corrected chi connectivity index (χ1v) is 2.98. The number of aliphatic hydroxyl groups is 1. The van der Waals surface area contributed by atoms with Gasteiger partial charge in [-0.15, -0.1) is 6.58 Å². The van der Waals surface area contributed by atoms with Crippen LogP contribution in [-0.4, -0.2) is 24.3 Å². The summed E-state index contributed by atoms with van der Waals surface area (Å²) in [5.41, 5.74) is 0.762. The lowest BCUT2D eigenvalue weighted by Gasteiger charge is -2.06. The van der Waals surface area contributed by atoms with Crippen LogP contribution in [0.15, 0.2) is 12.2 Å². The summed E-state index contributed by atoms with van der Waals surface area (Å²) in [7, 11) is 1.24. The lowest BCUT2D eigenvalue weighted by molar-refractivity contribution is -0.150. The third kappa shape index (κ3) is 3.25. The summed E-state index contributed by atoms with van der Waals surface area (Å²) < 4.78 is 4.28. The molecule has 0 unspecified atom stereocenters. The molecule has 1 N–H and O–H groups in total. The van der Waals surface area contributed by atoms with E-state index in [1.165, 1.54) is 7.11 Å². The molecule has 0 bridgehead atoms. The quantitative estimate of drug-likeness (QED) is 0.463. The van der Waals surface area contributed by atoms with Gasteiger partial charge in [-0.25, -0.2) is 4.79 Å². The van der Waals surface area contributed by atoms with Crippen LogP contribution in [0.3, 0.4) is 0 Å². The van der Waals surface area contributed by atoms with Crippen molar-refractivity contribution in [1.29, 1.82) is 0 Å². The molecule has 0 aliphatic rings. The van der Waals surface area contributed by atoms with Crippen molar-refractivity contribution in [2.75, 3.05) is 7.11 Å². The van der Waals surface area contributed by atoms with Crippen LogP contribution >= 0.6 is 0 Å². The number of carbonyl (C=O) groups is 1. The Morgan fingerprint density at radius 2 is 2.30 bits per heavy atom. The van der Waals surface area contributed by atoms with Gasteiger partial charge in [-0.1, -0.05) is 5.57 Å². The molecule has 0 spiro atoms. The van der Waals surface area contributed by atoms with Gasteiger partial charge in [-0.3, -0.25) is 0 Å². The smallest absolute Gasteiger partial charge is 0.335 e. The molecule has 0 aliphatic carbocycles. The fraction of sp³-hybridized carbons (Fsp3) is 0.571. The highest BCUT2D eigenvalue weighted by atomic mass is 16.5. The van der Waals surface area contributed by atoms with E-state index in [2.05, 4.69) is 11.3 Å². The fourth-order valence-electron chi connectivity index (χ4n) is 0.549. The first kappa shape index (κ1) is 9.17. The summed E-state index contributed by atoms with van der Waals surface area (Å²) in [4.78, 5) is 10.5. The van der Waals surface area contributed by atoms with Crippen LogP contribution < -0.4 is 0 Å². The van der Waals surface area contributed by atoms with Crippen LogP contribution in [0.1, 0.15) is 13.3 Å². The number of methoxy groups -OCH3 is 1. The number of esters is 1. The molecule has 0 aromatic heterocycles. The van der Waals surface area contributed by atoms with Crippen molar-refractivity contribution in [1.82, 2.24) is 0 Å². The molecule has 0 aromatic rings. The molecular weight excluding hydrogens is 132 g/mol. The second kappa shape index (κ2) is 4.06. The fourth-order valence-corrected chi connectivity index (χ4v) is 0.549. The van der Waals surface area contributed by atoms with Crippen molar-refractivity contribution in [2.45, 2.75) is 19.4 Å². The monoisotopic (exact) mass is 144 g/mol. The van der Waals surface area contributed by atoms with Crippen molar-refractivity contribution >= 4 is 5.97 Å². The Kier molecular flexibility index (Phi) is 3.72. The summed E-state index contributed by atoms with van der Waals surface area (Å²) in [6.45, 7) is 5.29. The van der Waals surface area contributed by atoms with Crippen molar-refractivity contribution < 1.29 is 14.6 Å². The molecule has 0 saturated carbocycles. The highest BCUT2D eigenvalue weighted by Crippen LogP contribution is 2.02. The molecule has 0 aromatic carbocycles. The van der Waals surface area contributed by atoms with Crippen molar-refractivity contribution in [3.8, 4) is 0 Å². The number of hydrogen-bond donors (Lipinski definition) is 1. The van der Waals surface area contributed by atoms with Gasteiger partial charge in [0.05, 0.1) is 7.11 Å². The first-order chi connectivity index (χ1) is 4.57. The van der Waals surface area contributed by atoms with E-state index < -0.39 is 12.1 Å². The van der Waals surface area contributed by atoms with E-state index in [1.807, 2.05) is 0 Å². The highest BCUT2D eigenvalue weighted by Gasteiger charge is 2.14. The maximum Gasteiger partial charge on any atom is 0.335 e. The van der Waals surface area contributed by atoms with Crippen LogP contribution in [0.2, 0.25) is 0 Å². The number of aliphatic hydroxyl groups excluding tert-OH is 1. The standard InChI is InChI=1S/C7H12O3/c1-5(2)4-6(8)7(9)10-3/h6,8H,1,4H2,2-3H3/t6-/m1/s1. The van der Waals surface area contributed by atoms with Gasteiger partial charge >= 0.3 is 5.97 Å². The van der Waals surface area contributed by atoms with Crippen molar-refractivity contribution in [3.63, 3.8) is 0 Å². The molecule has 0 amide bonds. The Balaban J connectivity index is 3.72. The molecule has 3 nitrogen and oxygen atoms in total. The average molecular weight is 144 g/mol. The lowest BCUT2D eigenvalue weighted by atomic mass is 10.1. The van der Waals surface area contributed by atoms with Crippen LogP contribution in [-0.2, 0) is 9.53 Å². The van der Waals surface area contributed by atoms with E-state index >= 15 is 0 Å². The van der Waals surface area contributed by atoms with E-state index in [1.54, 1.807) is 6.92 Å². The highest BCUT2D eigenvalue weighted by molar-refractivity contribution is 5.74. The third-order valence-electron chi connectivity index (χ3n) is 1.02. The zero-order valence-electron chi connectivity index (χ0n) is 6.26. The molecule has 58 valence electrons. The molecule has 10 heavy (non-hydrogen) atoms. The minimum Gasteiger partial charge on any atom is -0.467 e. The molecule has 3 heteroatoms. The van der Waals surface area contributed by atoms with Gasteiger partial charge in [-0.2, -0.15) is 0 Å². The normalized spacial score (nSPS) is 12.3. The minimum atomic E-state index is -1.05. The molecule has 0 saturated heterocycles. The van der Waals surface area contributed by atoms with E-state index in [-0.39, 0.29) is 6.42 Å². The lowest BCUT2D eigenvalue weighted by Crippen LogP contribution is -2.21. The van der Waals surface area contributed by atoms with Gasteiger partial charge in [-0.05, 0) is 6.92 Å². The zero-order chi connectivity index (χ0) is 8.15. The molecule has 0 fully saturated rings. The van der Waals surface area contributed by atoms with Crippen LogP contribution in [0, 0.1) is 0 Å². The summed E-state index contributed by atoms with van der Waals surface area (Å²) in [5, 5.41) is 8.95. The molecule has 0 radical (unpaired) electrons. The zero-order valence-corrected chi connectivity index (χ0v) is 6.26. The maximum absolute atomic E-state index is 10.5. The van der Waals surface area contributed by atoms with Crippen LogP contribution in [0.5, 0.6) is 0 Å². The van der Waals surface area contributed by atoms with Gasteiger partial charge in [0.2, 0.25) is 0 Å². The van der Waals surface area contributed by atoms with Crippen LogP contribution in [0.25, 0.3) is 0 Å². The first-order valence-electron chi connectivity index (χ1n) is 2.98. The van der Waals surface area contributed by atoms with E-state index in [4.69, 9.17) is 5.11 Å². The summed E-state index contributed by atoms with van der Waals surface area (Å²) >= 11 is 0. The van der Waals surface area contributed by atoms with Crippen molar-refractivity contribution in [3.05, 3.63) is 12.2 Å². The van der Waals surface area contributed by atoms with Gasteiger partial charge < -0.3 is 9.84 Å². The third-order valence-corrected chi connectivity index (χ3v) is 1.02.